The fraction of sp³-hybridized carbons (Fsp3) is 0.667. The van der Waals surface area contributed by atoms with Crippen LogP contribution >= 0.6 is 0 Å². The van der Waals surface area contributed by atoms with E-state index in [0.717, 1.165) is 0 Å². The lowest BCUT2D eigenvalue weighted by Crippen LogP contribution is -2.33. The highest BCUT2D eigenvalue weighted by Gasteiger charge is 2.53. The van der Waals surface area contributed by atoms with Crippen LogP contribution in [-0.2, 0) is 19.2 Å². The standard InChI is InChI=1S/C15H24O5/c1-6-8-10-12(14(3,4)5)17-13(16)18-15(19-20-15)11-9-7-2/h6-9,12H,10-11H2,1-5H3/b8-6-,9-7+. The Morgan fingerprint density at radius 1 is 1.20 bits per heavy atom. The highest BCUT2D eigenvalue weighted by Crippen LogP contribution is 2.36. The van der Waals surface area contributed by atoms with Crippen molar-refractivity contribution < 1.29 is 24.0 Å². The van der Waals surface area contributed by atoms with Crippen LogP contribution in [0.1, 0.15) is 47.5 Å². The van der Waals surface area contributed by atoms with Gasteiger partial charge in [-0.3, -0.25) is 0 Å². The molecule has 20 heavy (non-hydrogen) atoms. The molecule has 5 heteroatoms. The number of allylic oxidation sites excluding steroid dienone is 2. The summed E-state index contributed by atoms with van der Waals surface area (Å²) in [7, 11) is 0. The van der Waals surface area contributed by atoms with Gasteiger partial charge in [0.1, 0.15) is 6.10 Å². The van der Waals surface area contributed by atoms with Crippen LogP contribution in [0.5, 0.6) is 0 Å². The van der Waals surface area contributed by atoms with E-state index in [1.165, 1.54) is 0 Å². The summed E-state index contributed by atoms with van der Waals surface area (Å²) in [4.78, 5) is 21.3. The van der Waals surface area contributed by atoms with E-state index < -0.39 is 12.1 Å². The number of carbonyl (C=O) groups is 1. The van der Waals surface area contributed by atoms with Gasteiger partial charge in [0.2, 0.25) is 0 Å². The Labute approximate surface area is 120 Å². The number of hydrogen-bond donors (Lipinski definition) is 0. The fourth-order valence-corrected chi connectivity index (χ4v) is 1.56. The second-order valence-corrected chi connectivity index (χ2v) is 5.75. The third-order valence-electron chi connectivity index (χ3n) is 2.90. The quantitative estimate of drug-likeness (QED) is 0.318. The molecule has 0 bridgehead atoms. The van der Waals surface area contributed by atoms with Crippen molar-refractivity contribution in [2.24, 2.45) is 5.41 Å². The van der Waals surface area contributed by atoms with Crippen LogP contribution in [0.15, 0.2) is 24.3 Å². The molecule has 0 aromatic heterocycles. The Kier molecular flexibility index (Phi) is 5.77. The normalized spacial score (nSPS) is 19.2. The van der Waals surface area contributed by atoms with Crippen LogP contribution in [-0.4, -0.2) is 18.2 Å². The van der Waals surface area contributed by atoms with Crippen molar-refractivity contribution in [3.63, 3.8) is 0 Å². The number of ether oxygens (including phenoxy) is 2. The Balaban J connectivity index is 2.54. The zero-order valence-corrected chi connectivity index (χ0v) is 12.8. The monoisotopic (exact) mass is 284 g/mol. The van der Waals surface area contributed by atoms with Crippen molar-refractivity contribution in [2.45, 2.75) is 59.5 Å². The molecule has 1 aliphatic rings. The zero-order chi connectivity index (χ0) is 15.2. The van der Waals surface area contributed by atoms with Crippen molar-refractivity contribution in [3.8, 4) is 0 Å². The Bertz CT molecular complexity index is 374. The first-order valence-corrected chi connectivity index (χ1v) is 6.82. The van der Waals surface area contributed by atoms with Crippen molar-refractivity contribution >= 4 is 6.16 Å². The van der Waals surface area contributed by atoms with Crippen molar-refractivity contribution in [1.29, 1.82) is 0 Å². The maximum absolute atomic E-state index is 11.8. The lowest BCUT2D eigenvalue weighted by molar-refractivity contribution is -0.0718. The lowest BCUT2D eigenvalue weighted by Gasteiger charge is -2.29. The van der Waals surface area contributed by atoms with Crippen LogP contribution in [0.25, 0.3) is 0 Å². The molecule has 0 saturated carbocycles. The molecule has 1 unspecified atom stereocenters. The molecule has 0 aliphatic carbocycles. The number of rotatable bonds is 6. The van der Waals surface area contributed by atoms with E-state index in [1.807, 2.05) is 52.8 Å². The predicted octanol–water partition coefficient (Wildman–Crippen LogP) is 4.10. The van der Waals surface area contributed by atoms with Gasteiger partial charge in [-0.2, -0.15) is 9.78 Å². The van der Waals surface area contributed by atoms with E-state index in [-0.39, 0.29) is 11.5 Å². The summed E-state index contributed by atoms with van der Waals surface area (Å²) in [5.41, 5.74) is -0.180. The first kappa shape index (κ1) is 16.7. The largest absolute Gasteiger partial charge is 0.513 e. The fourth-order valence-electron chi connectivity index (χ4n) is 1.56. The third-order valence-corrected chi connectivity index (χ3v) is 2.90. The SMILES string of the molecule is C/C=C\CC(OC(=O)OC1(C/C=C/C)OO1)C(C)(C)C. The molecule has 1 aliphatic heterocycles. The maximum Gasteiger partial charge on any atom is 0.513 e. The predicted molar refractivity (Wildman–Crippen MR) is 74.6 cm³/mol. The molecule has 1 atom stereocenters. The molecule has 0 spiro atoms. The second kappa shape index (κ2) is 6.90. The van der Waals surface area contributed by atoms with E-state index >= 15 is 0 Å². The van der Waals surface area contributed by atoms with Gasteiger partial charge in [-0.1, -0.05) is 45.1 Å². The lowest BCUT2D eigenvalue weighted by atomic mass is 9.87. The van der Waals surface area contributed by atoms with Crippen LogP contribution in [0.2, 0.25) is 0 Å². The van der Waals surface area contributed by atoms with Crippen LogP contribution in [0, 0.1) is 5.41 Å². The van der Waals surface area contributed by atoms with Gasteiger partial charge in [-0.25, -0.2) is 4.79 Å². The first-order valence-electron chi connectivity index (χ1n) is 6.82. The molecule has 1 rings (SSSR count). The summed E-state index contributed by atoms with van der Waals surface area (Å²) < 4.78 is 10.5. The van der Waals surface area contributed by atoms with Crippen molar-refractivity contribution in [1.82, 2.24) is 0 Å². The van der Waals surface area contributed by atoms with Gasteiger partial charge < -0.3 is 9.47 Å². The zero-order valence-electron chi connectivity index (χ0n) is 12.8. The topological polar surface area (TPSA) is 60.6 Å². The van der Waals surface area contributed by atoms with Gasteiger partial charge in [0.15, 0.2) is 0 Å². The van der Waals surface area contributed by atoms with Crippen molar-refractivity contribution in [2.75, 3.05) is 0 Å². The molecule has 0 aromatic carbocycles. The van der Waals surface area contributed by atoms with Crippen LogP contribution in [0.3, 0.4) is 0 Å². The summed E-state index contributed by atoms with van der Waals surface area (Å²) >= 11 is 0. The average Bonchev–Trinajstić information content (AvgIpc) is 3.10. The molecule has 0 amide bonds. The first-order chi connectivity index (χ1) is 9.33. The summed E-state index contributed by atoms with van der Waals surface area (Å²) in [6.45, 7) is 9.81. The minimum atomic E-state index is -1.30. The molecular formula is C15H24O5. The maximum atomic E-state index is 11.8. The van der Waals surface area contributed by atoms with Gasteiger partial charge in [0.25, 0.3) is 0 Å². The molecule has 0 aromatic rings. The van der Waals surface area contributed by atoms with Gasteiger partial charge in [-0.05, 0) is 19.3 Å². The third kappa shape index (κ3) is 5.35. The minimum absolute atomic E-state index is 0.180. The Morgan fingerprint density at radius 3 is 2.25 bits per heavy atom. The number of hydrogen-bond acceptors (Lipinski definition) is 5. The highest BCUT2D eigenvalue weighted by atomic mass is 17.5. The molecule has 5 nitrogen and oxygen atoms in total. The Morgan fingerprint density at radius 2 is 1.80 bits per heavy atom. The smallest absolute Gasteiger partial charge is 0.430 e. The highest BCUT2D eigenvalue weighted by molar-refractivity contribution is 5.60. The van der Waals surface area contributed by atoms with E-state index in [0.29, 0.717) is 12.8 Å². The molecule has 0 N–H and O–H groups in total. The molecule has 1 saturated heterocycles. The second-order valence-electron chi connectivity index (χ2n) is 5.75. The van der Waals surface area contributed by atoms with Crippen molar-refractivity contribution in [3.05, 3.63) is 24.3 Å². The summed E-state index contributed by atoms with van der Waals surface area (Å²) in [5, 5.41) is 0. The van der Waals surface area contributed by atoms with Crippen LogP contribution in [0.4, 0.5) is 4.79 Å². The van der Waals surface area contributed by atoms with E-state index in [2.05, 4.69) is 0 Å². The number of carbonyl (C=O) groups excluding carboxylic acids is 1. The average molecular weight is 284 g/mol. The summed E-state index contributed by atoms with van der Waals surface area (Å²) in [6, 6.07) is 0. The summed E-state index contributed by atoms with van der Waals surface area (Å²) in [6.07, 6.45) is 7.43. The van der Waals surface area contributed by atoms with Gasteiger partial charge in [0, 0.05) is 6.42 Å². The van der Waals surface area contributed by atoms with E-state index in [1.54, 1.807) is 6.08 Å². The minimum Gasteiger partial charge on any atom is -0.430 e. The molecular weight excluding hydrogens is 260 g/mol. The van der Waals surface area contributed by atoms with E-state index in [9.17, 15) is 4.79 Å². The molecule has 1 fully saturated rings. The van der Waals surface area contributed by atoms with Gasteiger partial charge in [-0.15, -0.1) is 0 Å². The van der Waals surface area contributed by atoms with Gasteiger partial charge >= 0.3 is 12.1 Å². The van der Waals surface area contributed by atoms with Gasteiger partial charge in [0.05, 0.1) is 6.42 Å². The van der Waals surface area contributed by atoms with E-state index in [4.69, 9.17) is 19.2 Å². The molecule has 1 heterocycles. The molecule has 0 radical (unpaired) electrons. The summed E-state index contributed by atoms with van der Waals surface area (Å²) in [5.74, 6) is -1.30. The van der Waals surface area contributed by atoms with Crippen LogP contribution < -0.4 is 0 Å². The Hall–Kier alpha value is -1.33. The molecule has 114 valence electrons.